The van der Waals surface area contributed by atoms with Gasteiger partial charge in [-0.3, -0.25) is 9.67 Å². The van der Waals surface area contributed by atoms with Crippen LogP contribution >= 0.6 is 24.0 Å². The summed E-state index contributed by atoms with van der Waals surface area (Å²) in [7, 11) is 2.00. The molecule has 8 heteroatoms. The number of hydrogen-bond acceptors (Lipinski definition) is 4. The van der Waals surface area contributed by atoms with E-state index in [2.05, 4.69) is 48.4 Å². The highest BCUT2D eigenvalue weighted by Crippen LogP contribution is 2.14. The minimum Gasteiger partial charge on any atom is -0.379 e. The average molecular weight is 507 g/mol. The highest BCUT2D eigenvalue weighted by molar-refractivity contribution is 14.0. The van der Waals surface area contributed by atoms with E-state index < -0.39 is 0 Å². The molecule has 2 N–H and O–H groups in total. The van der Waals surface area contributed by atoms with Crippen molar-refractivity contribution in [3.05, 3.63) is 17.0 Å². The highest BCUT2D eigenvalue weighted by atomic mass is 127. The standard InChI is InChI=1S/C20H37N5O2.HI/c1-6-21-20(22-10-8-11-26-14-18-9-7-12-27-18)23-15(2)13-19-16(3)24-25(5)17(19)4;/h15,18H,6-14H2,1-5H3,(H2,21,22,23);1H. The van der Waals surface area contributed by atoms with Gasteiger partial charge in [0.15, 0.2) is 5.96 Å². The lowest BCUT2D eigenvalue weighted by molar-refractivity contribution is 0.0171. The Hall–Kier alpha value is -0.870. The van der Waals surface area contributed by atoms with E-state index in [0.29, 0.717) is 12.7 Å². The van der Waals surface area contributed by atoms with E-state index in [0.717, 1.165) is 63.6 Å². The van der Waals surface area contributed by atoms with Crippen molar-refractivity contribution in [2.24, 2.45) is 12.0 Å². The zero-order chi connectivity index (χ0) is 19.6. The lowest BCUT2D eigenvalue weighted by Gasteiger charge is -2.18. The molecule has 0 bridgehead atoms. The molecule has 0 radical (unpaired) electrons. The van der Waals surface area contributed by atoms with Gasteiger partial charge in [0.05, 0.1) is 18.4 Å². The Morgan fingerprint density at radius 2 is 2.21 bits per heavy atom. The summed E-state index contributed by atoms with van der Waals surface area (Å²) in [5, 5.41) is 11.3. The van der Waals surface area contributed by atoms with Crippen molar-refractivity contribution in [2.75, 3.05) is 32.9 Å². The predicted molar refractivity (Wildman–Crippen MR) is 125 cm³/mol. The summed E-state index contributed by atoms with van der Waals surface area (Å²) in [6, 6.07) is 0.278. The monoisotopic (exact) mass is 507 g/mol. The van der Waals surface area contributed by atoms with Gasteiger partial charge >= 0.3 is 0 Å². The Balaban J connectivity index is 0.00000392. The molecular weight excluding hydrogens is 469 g/mol. The molecule has 1 aromatic rings. The van der Waals surface area contributed by atoms with Crippen LogP contribution in [0.2, 0.25) is 0 Å². The van der Waals surface area contributed by atoms with Gasteiger partial charge < -0.3 is 20.1 Å². The number of aryl methyl sites for hydroxylation is 2. The van der Waals surface area contributed by atoms with Gasteiger partial charge in [-0.1, -0.05) is 0 Å². The van der Waals surface area contributed by atoms with Crippen LogP contribution in [0.5, 0.6) is 0 Å². The number of guanidine groups is 1. The third kappa shape index (κ3) is 8.24. The number of nitrogens with one attached hydrogen (secondary N) is 2. The summed E-state index contributed by atoms with van der Waals surface area (Å²) in [5.74, 6) is 0.864. The Morgan fingerprint density at radius 1 is 1.43 bits per heavy atom. The van der Waals surface area contributed by atoms with Gasteiger partial charge in [-0.25, -0.2) is 0 Å². The minimum atomic E-state index is 0. The van der Waals surface area contributed by atoms with Gasteiger partial charge in [0, 0.05) is 45.1 Å². The van der Waals surface area contributed by atoms with Crippen molar-refractivity contribution in [1.29, 1.82) is 0 Å². The van der Waals surface area contributed by atoms with Gasteiger partial charge in [-0.2, -0.15) is 5.10 Å². The normalized spacial score (nSPS) is 18.0. The average Bonchev–Trinajstić information content (AvgIpc) is 3.22. The quantitative estimate of drug-likeness (QED) is 0.221. The molecule has 1 aliphatic rings. The zero-order valence-electron chi connectivity index (χ0n) is 18.1. The topological polar surface area (TPSA) is 72.7 Å². The van der Waals surface area contributed by atoms with E-state index in [1.807, 2.05) is 11.7 Å². The van der Waals surface area contributed by atoms with E-state index in [4.69, 9.17) is 9.47 Å². The zero-order valence-corrected chi connectivity index (χ0v) is 20.4. The summed E-state index contributed by atoms with van der Waals surface area (Å²) in [6.07, 6.45) is 4.43. The van der Waals surface area contributed by atoms with E-state index in [-0.39, 0.29) is 30.0 Å². The van der Waals surface area contributed by atoms with Crippen LogP contribution < -0.4 is 10.6 Å². The summed E-state index contributed by atoms with van der Waals surface area (Å²) < 4.78 is 13.2. The SMILES string of the molecule is CCNC(=NCCCOCC1CCCO1)NC(C)Cc1c(C)nn(C)c1C.I. The van der Waals surface area contributed by atoms with Crippen LogP contribution in [-0.4, -0.2) is 60.8 Å². The van der Waals surface area contributed by atoms with Crippen molar-refractivity contribution < 1.29 is 9.47 Å². The molecule has 0 saturated carbocycles. The van der Waals surface area contributed by atoms with Crippen LogP contribution in [0.3, 0.4) is 0 Å². The molecule has 2 heterocycles. The first-order valence-electron chi connectivity index (χ1n) is 10.2. The number of aromatic nitrogens is 2. The molecule has 0 amide bonds. The molecule has 0 aliphatic carbocycles. The molecule has 7 nitrogen and oxygen atoms in total. The van der Waals surface area contributed by atoms with E-state index in [1.165, 1.54) is 11.3 Å². The summed E-state index contributed by atoms with van der Waals surface area (Å²) in [5.41, 5.74) is 3.65. The fraction of sp³-hybridized carbons (Fsp3) is 0.800. The molecule has 0 spiro atoms. The van der Waals surface area contributed by atoms with E-state index in [1.54, 1.807) is 0 Å². The predicted octanol–water partition coefficient (Wildman–Crippen LogP) is 2.73. The second-order valence-corrected chi connectivity index (χ2v) is 7.35. The van der Waals surface area contributed by atoms with Gasteiger partial charge in [0.1, 0.15) is 0 Å². The largest absolute Gasteiger partial charge is 0.379 e. The van der Waals surface area contributed by atoms with Gasteiger partial charge in [-0.15, -0.1) is 24.0 Å². The number of halogens is 1. The van der Waals surface area contributed by atoms with Crippen molar-refractivity contribution in [1.82, 2.24) is 20.4 Å². The van der Waals surface area contributed by atoms with Crippen LogP contribution in [0, 0.1) is 13.8 Å². The van der Waals surface area contributed by atoms with Crippen LogP contribution in [-0.2, 0) is 22.9 Å². The van der Waals surface area contributed by atoms with Crippen LogP contribution in [0.1, 0.15) is 50.1 Å². The summed E-state index contributed by atoms with van der Waals surface area (Å²) >= 11 is 0. The Bertz CT molecular complexity index is 600. The number of hydrogen-bond donors (Lipinski definition) is 2. The molecule has 1 fully saturated rings. The van der Waals surface area contributed by atoms with Crippen LogP contribution in [0.25, 0.3) is 0 Å². The molecule has 162 valence electrons. The smallest absolute Gasteiger partial charge is 0.191 e. The first-order chi connectivity index (χ1) is 13.0. The Labute approximate surface area is 187 Å². The summed E-state index contributed by atoms with van der Waals surface area (Å²) in [6.45, 7) is 12.4. The molecule has 1 saturated heterocycles. The fourth-order valence-electron chi connectivity index (χ4n) is 3.37. The first kappa shape index (κ1) is 25.2. The van der Waals surface area contributed by atoms with Crippen LogP contribution in [0.4, 0.5) is 0 Å². The molecule has 28 heavy (non-hydrogen) atoms. The summed E-state index contributed by atoms with van der Waals surface area (Å²) in [4.78, 5) is 4.68. The maximum absolute atomic E-state index is 5.70. The first-order valence-corrected chi connectivity index (χ1v) is 10.2. The fourth-order valence-corrected chi connectivity index (χ4v) is 3.37. The van der Waals surface area contributed by atoms with Gasteiger partial charge in [0.25, 0.3) is 0 Å². The second-order valence-electron chi connectivity index (χ2n) is 7.35. The van der Waals surface area contributed by atoms with Crippen molar-refractivity contribution in [3.63, 3.8) is 0 Å². The number of rotatable bonds is 10. The molecular formula is C20H38IN5O2. The highest BCUT2D eigenvalue weighted by Gasteiger charge is 2.15. The van der Waals surface area contributed by atoms with Crippen LogP contribution in [0.15, 0.2) is 4.99 Å². The Morgan fingerprint density at radius 3 is 2.82 bits per heavy atom. The molecule has 1 aromatic heterocycles. The minimum absolute atomic E-state index is 0. The molecule has 0 aromatic carbocycles. The lowest BCUT2D eigenvalue weighted by Crippen LogP contribution is -2.43. The molecule has 2 unspecified atom stereocenters. The second kappa shape index (κ2) is 13.4. The third-order valence-electron chi connectivity index (χ3n) is 4.94. The Kier molecular flexibility index (Phi) is 12.0. The molecule has 1 aliphatic heterocycles. The van der Waals surface area contributed by atoms with E-state index >= 15 is 0 Å². The molecule has 2 atom stereocenters. The number of ether oxygens (including phenoxy) is 2. The van der Waals surface area contributed by atoms with Gasteiger partial charge in [0.2, 0.25) is 0 Å². The maximum Gasteiger partial charge on any atom is 0.191 e. The van der Waals surface area contributed by atoms with Crippen molar-refractivity contribution >= 4 is 29.9 Å². The van der Waals surface area contributed by atoms with E-state index in [9.17, 15) is 0 Å². The number of aliphatic imine (C=N–C) groups is 1. The molecule has 2 rings (SSSR count). The van der Waals surface area contributed by atoms with Crippen molar-refractivity contribution in [2.45, 2.75) is 65.5 Å². The lowest BCUT2D eigenvalue weighted by atomic mass is 10.1. The maximum atomic E-state index is 5.70. The van der Waals surface area contributed by atoms with Crippen molar-refractivity contribution in [3.8, 4) is 0 Å². The number of nitrogens with zero attached hydrogens (tertiary/aromatic N) is 3. The van der Waals surface area contributed by atoms with Gasteiger partial charge in [-0.05, 0) is 58.9 Å². The third-order valence-corrected chi connectivity index (χ3v) is 4.94.